The van der Waals surface area contributed by atoms with Gasteiger partial charge in [-0.15, -0.1) is 0 Å². The van der Waals surface area contributed by atoms with E-state index in [9.17, 15) is 0 Å². The average Bonchev–Trinajstić information content (AvgIpc) is 3.76. The topological polar surface area (TPSA) is 30.7 Å². The van der Waals surface area contributed by atoms with Crippen LogP contribution in [0.5, 0.6) is 0 Å². The first kappa shape index (κ1) is 34.4. The summed E-state index contributed by atoms with van der Waals surface area (Å²) in [5.74, 6) is 0.718. The van der Waals surface area contributed by atoms with Crippen molar-refractivity contribution in [2.45, 2.75) is 19.3 Å². The van der Waals surface area contributed by atoms with E-state index in [1.807, 2.05) is 6.07 Å². The lowest BCUT2D eigenvalue weighted by atomic mass is 9.81. The van der Waals surface area contributed by atoms with Crippen molar-refractivity contribution in [3.63, 3.8) is 0 Å². The molecule has 1 aliphatic carbocycles. The van der Waals surface area contributed by atoms with Crippen molar-refractivity contribution < 1.29 is 0 Å². The number of hydrogen-bond donors (Lipinski definition) is 0. The van der Waals surface area contributed by atoms with E-state index in [2.05, 4.69) is 213 Å². The summed E-state index contributed by atoms with van der Waals surface area (Å²) >= 11 is 0. The summed E-state index contributed by atoms with van der Waals surface area (Å²) in [4.78, 5) is 10.6. The highest BCUT2D eigenvalue weighted by Gasteiger charge is 2.37. The number of para-hydroxylation sites is 2. The van der Waals surface area contributed by atoms with Crippen molar-refractivity contribution in [3.05, 3.63) is 211 Å². The first-order valence-electron chi connectivity index (χ1n) is 20.7. The summed E-state index contributed by atoms with van der Waals surface area (Å²) < 4.78 is 2.38. The van der Waals surface area contributed by atoms with Gasteiger partial charge in [0.25, 0.3) is 0 Å². The first-order valence-corrected chi connectivity index (χ1v) is 20.7. The third-order valence-corrected chi connectivity index (χ3v) is 12.8. The maximum Gasteiger partial charge on any atom is 0.160 e. The van der Waals surface area contributed by atoms with Crippen LogP contribution in [0.4, 0.5) is 0 Å². The van der Waals surface area contributed by atoms with Gasteiger partial charge in [0.15, 0.2) is 5.82 Å². The number of nitrogens with zero attached hydrogens (tertiary/aromatic N) is 3. The molecule has 60 heavy (non-hydrogen) atoms. The van der Waals surface area contributed by atoms with Crippen LogP contribution in [0.2, 0.25) is 0 Å². The van der Waals surface area contributed by atoms with Crippen LogP contribution in [0.25, 0.3) is 105 Å². The molecule has 0 aliphatic heterocycles. The minimum atomic E-state index is -0.146. The Bertz CT molecular complexity index is 3470. The second kappa shape index (κ2) is 13.2. The van der Waals surface area contributed by atoms with Crippen LogP contribution in [0.15, 0.2) is 200 Å². The molecule has 1 aliphatic rings. The molecule has 0 spiro atoms. The highest BCUT2D eigenvalue weighted by atomic mass is 15.0. The lowest BCUT2D eigenvalue weighted by Gasteiger charge is -2.22. The maximum atomic E-state index is 5.31. The molecule has 0 radical (unpaired) electrons. The molecule has 282 valence electrons. The lowest BCUT2D eigenvalue weighted by Crippen LogP contribution is -2.14. The van der Waals surface area contributed by atoms with Gasteiger partial charge in [0.2, 0.25) is 0 Å². The molecule has 0 bridgehead atoms. The summed E-state index contributed by atoms with van der Waals surface area (Å²) in [6.45, 7) is 4.69. The molecule has 9 aromatic carbocycles. The highest BCUT2D eigenvalue weighted by Crippen LogP contribution is 2.53. The first-order chi connectivity index (χ1) is 29.5. The van der Waals surface area contributed by atoms with E-state index in [1.54, 1.807) is 0 Å². The fourth-order valence-electron chi connectivity index (χ4n) is 9.75. The molecule has 2 aromatic heterocycles. The minimum absolute atomic E-state index is 0.146. The van der Waals surface area contributed by atoms with E-state index in [0.717, 1.165) is 39.6 Å². The van der Waals surface area contributed by atoms with E-state index >= 15 is 0 Å². The normalized spacial score (nSPS) is 13.0. The third-order valence-electron chi connectivity index (χ3n) is 12.8. The third kappa shape index (κ3) is 5.36. The molecule has 3 heteroatoms. The van der Waals surface area contributed by atoms with Crippen molar-refractivity contribution in [3.8, 4) is 61.8 Å². The average molecular weight is 766 g/mol. The van der Waals surface area contributed by atoms with Crippen molar-refractivity contribution in [2.75, 3.05) is 0 Å². The molecule has 0 amide bonds. The predicted octanol–water partition coefficient (Wildman–Crippen LogP) is 14.9. The number of aromatic nitrogens is 3. The van der Waals surface area contributed by atoms with Gasteiger partial charge in [0.05, 0.1) is 22.4 Å². The second-order valence-corrected chi connectivity index (χ2v) is 16.6. The number of rotatable bonds is 5. The number of fused-ring (bicyclic) bond motifs is 8. The Hall–Kier alpha value is -7.62. The van der Waals surface area contributed by atoms with Gasteiger partial charge in [-0.3, -0.25) is 0 Å². The van der Waals surface area contributed by atoms with E-state index in [0.29, 0.717) is 0 Å². The molecule has 12 rings (SSSR count). The Kier molecular flexibility index (Phi) is 7.58. The van der Waals surface area contributed by atoms with Gasteiger partial charge in [-0.2, -0.15) is 0 Å². The van der Waals surface area contributed by atoms with E-state index in [4.69, 9.17) is 9.97 Å². The van der Waals surface area contributed by atoms with Crippen molar-refractivity contribution in [1.82, 2.24) is 14.5 Å². The van der Waals surface area contributed by atoms with Gasteiger partial charge in [-0.05, 0) is 110 Å². The summed E-state index contributed by atoms with van der Waals surface area (Å²) in [7, 11) is 0. The molecule has 0 atom stereocenters. The lowest BCUT2D eigenvalue weighted by molar-refractivity contribution is 0.661. The number of benzene rings is 9. The highest BCUT2D eigenvalue weighted by molar-refractivity contribution is 6.09. The molecular formula is C57H39N3. The van der Waals surface area contributed by atoms with E-state index in [-0.39, 0.29) is 5.41 Å². The Morgan fingerprint density at radius 2 is 0.967 bits per heavy atom. The maximum absolute atomic E-state index is 5.31. The Labute approximate surface area is 348 Å². The quantitative estimate of drug-likeness (QED) is 0.175. The zero-order valence-corrected chi connectivity index (χ0v) is 33.4. The van der Waals surface area contributed by atoms with Crippen LogP contribution >= 0.6 is 0 Å². The van der Waals surface area contributed by atoms with E-state index in [1.165, 1.54) is 76.7 Å². The van der Waals surface area contributed by atoms with Gasteiger partial charge < -0.3 is 4.57 Å². The van der Waals surface area contributed by atoms with Crippen LogP contribution in [-0.4, -0.2) is 14.5 Å². The van der Waals surface area contributed by atoms with Gasteiger partial charge in [-0.25, -0.2) is 9.97 Å². The van der Waals surface area contributed by atoms with Crippen LogP contribution in [0.3, 0.4) is 0 Å². The van der Waals surface area contributed by atoms with Crippen LogP contribution in [0.1, 0.15) is 25.0 Å². The largest absolute Gasteiger partial charge is 0.309 e. The fourth-order valence-corrected chi connectivity index (χ4v) is 9.75. The van der Waals surface area contributed by atoms with Crippen LogP contribution < -0.4 is 0 Å². The monoisotopic (exact) mass is 765 g/mol. The summed E-state index contributed by atoms with van der Waals surface area (Å²) in [5.41, 5.74) is 16.0. The van der Waals surface area contributed by atoms with Crippen molar-refractivity contribution in [1.29, 1.82) is 0 Å². The smallest absolute Gasteiger partial charge is 0.160 e. The van der Waals surface area contributed by atoms with Crippen LogP contribution in [-0.2, 0) is 5.41 Å². The minimum Gasteiger partial charge on any atom is -0.309 e. The molecule has 3 nitrogen and oxygen atoms in total. The molecule has 0 N–H and O–H groups in total. The van der Waals surface area contributed by atoms with Crippen LogP contribution in [0, 0.1) is 0 Å². The van der Waals surface area contributed by atoms with Crippen molar-refractivity contribution >= 4 is 43.4 Å². The Morgan fingerprint density at radius 3 is 1.73 bits per heavy atom. The molecule has 11 aromatic rings. The zero-order valence-electron chi connectivity index (χ0n) is 33.4. The SMILES string of the molecule is CC1(C)c2cc3ccccc3cc2-c2c(-c3cc(-c4ccc5cc(-c6cccc(-n7c8ccccc8c8ccccc87)c6)ccc5c4)nc(-c4ccccc4)n3)cccc21. The van der Waals surface area contributed by atoms with Crippen molar-refractivity contribution in [2.24, 2.45) is 0 Å². The summed E-state index contributed by atoms with van der Waals surface area (Å²) in [5, 5.41) is 7.40. The van der Waals surface area contributed by atoms with Gasteiger partial charge >= 0.3 is 0 Å². The fraction of sp³-hybridized carbons (Fsp3) is 0.0526. The van der Waals surface area contributed by atoms with Gasteiger partial charge in [-0.1, -0.05) is 159 Å². The molecular weight excluding hydrogens is 727 g/mol. The number of hydrogen-bond acceptors (Lipinski definition) is 2. The van der Waals surface area contributed by atoms with Gasteiger partial charge in [0, 0.05) is 38.6 Å². The molecule has 0 unspecified atom stereocenters. The summed E-state index contributed by atoms with van der Waals surface area (Å²) in [6, 6.07) is 72.5. The Morgan fingerprint density at radius 1 is 0.383 bits per heavy atom. The molecule has 0 saturated carbocycles. The Balaban J connectivity index is 0.965. The zero-order chi connectivity index (χ0) is 40.0. The summed E-state index contributed by atoms with van der Waals surface area (Å²) in [6.07, 6.45) is 0. The molecule has 0 saturated heterocycles. The van der Waals surface area contributed by atoms with E-state index < -0.39 is 0 Å². The predicted molar refractivity (Wildman–Crippen MR) is 251 cm³/mol. The molecule has 0 fully saturated rings. The second-order valence-electron chi connectivity index (χ2n) is 16.6. The van der Waals surface area contributed by atoms with Gasteiger partial charge in [0.1, 0.15) is 0 Å². The standard InChI is InChI=1S/C57H39N3/c1-57(2)49-23-13-22-47(55(49)48-33-38-16-6-7-17-39(38)34-50(48)57)52-35-51(58-56(59-52)36-14-4-3-5-15-36)43-29-28-41-30-40(26-27-42(41)31-43)37-18-12-19-44(32-37)60-53-24-10-8-20-45(53)46-21-9-11-25-54(46)60/h3-35H,1-2H3. The molecule has 2 heterocycles.